The second-order valence-corrected chi connectivity index (χ2v) is 5.83. The Balaban J connectivity index is 1.87. The minimum absolute atomic E-state index is 0.0614. The van der Waals surface area contributed by atoms with Crippen LogP contribution in [0.1, 0.15) is 49.3 Å². The summed E-state index contributed by atoms with van der Waals surface area (Å²) in [5.74, 6) is -1.71. The standard InChI is InChI=1S/C14H18N2O5/c1-7-12-10(20-14(2,3)21-12)4-9(19-7)11-8(13(17)18)5-15-6-16-11/h5-7,9-10,12H,4H2,1-3H3,(H,17,18). The van der Waals surface area contributed by atoms with Gasteiger partial charge in [0.15, 0.2) is 5.79 Å². The summed E-state index contributed by atoms with van der Waals surface area (Å²) in [5, 5.41) is 9.24. The van der Waals surface area contributed by atoms with Crippen LogP contribution < -0.4 is 0 Å². The molecule has 114 valence electrons. The van der Waals surface area contributed by atoms with Crippen LogP contribution in [0.25, 0.3) is 0 Å². The second kappa shape index (κ2) is 5.01. The van der Waals surface area contributed by atoms with E-state index < -0.39 is 17.9 Å². The summed E-state index contributed by atoms with van der Waals surface area (Å²) in [6, 6.07) is 0. The maximum absolute atomic E-state index is 11.3. The zero-order chi connectivity index (χ0) is 15.2. The minimum Gasteiger partial charge on any atom is -0.478 e. The number of nitrogens with zero attached hydrogens (tertiary/aromatic N) is 2. The lowest BCUT2D eigenvalue weighted by molar-refractivity contribution is -0.156. The molecule has 2 aliphatic rings. The highest BCUT2D eigenvalue weighted by molar-refractivity contribution is 5.88. The van der Waals surface area contributed by atoms with E-state index in [1.165, 1.54) is 12.5 Å². The van der Waals surface area contributed by atoms with Gasteiger partial charge in [-0.2, -0.15) is 0 Å². The molecule has 2 fully saturated rings. The van der Waals surface area contributed by atoms with Gasteiger partial charge in [0.2, 0.25) is 0 Å². The Morgan fingerprint density at radius 2 is 2.19 bits per heavy atom. The molecule has 1 aromatic rings. The Bertz CT molecular complexity index is 562. The van der Waals surface area contributed by atoms with Gasteiger partial charge >= 0.3 is 5.97 Å². The average molecular weight is 294 g/mol. The maximum atomic E-state index is 11.3. The van der Waals surface area contributed by atoms with Crippen LogP contribution in [0.3, 0.4) is 0 Å². The third-order valence-corrected chi connectivity index (χ3v) is 3.79. The molecule has 3 rings (SSSR count). The number of ether oxygens (including phenoxy) is 3. The summed E-state index contributed by atoms with van der Waals surface area (Å²) in [4.78, 5) is 19.1. The van der Waals surface area contributed by atoms with Gasteiger partial charge < -0.3 is 19.3 Å². The van der Waals surface area contributed by atoms with E-state index in [0.717, 1.165) is 0 Å². The Morgan fingerprint density at radius 3 is 2.90 bits per heavy atom. The van der Waals surface area contributed by atoms with Crippen LogP contribution in [0.5, 0.6) is 0 Å². The number of hydrogen-bond donors (Lipinski definition) is 1. The summed E-state index contributed by atoms with van der Waals surface area (Å²) in [6.45, 7) is 5.62. The molecule has 1 N–H and O–H groups in total. The number of aromatic carboxylic acids is 1. The van der Waals surface area contributed by atoms with Crippen molar-refractivity contribution in [2.45, 2.75) is 57.4 Å². The van der Waals surface area contributed by atoms with Crippen LogP contribution in [-0.2, 0) is 14.2 Å². The fourth-order valence-electron chi connectivity index (χ4n) is 2.98. The molecule has 0 amide bonds. The maximum Gasteiger partial charge on any atom is 0.339 e. The van der Waals surface area contributed by atoms with Crippen LogP contribution in [0, 0.1) is 0 Å². The molecule has 0 saturated carbocycles. The number of carbonyl (C=O) groups is 1. The van der Waals surface area contributed by atoms with E-state index >= 15 is 0 Å². The number of aromatic nitrogens is 2. The molecule has 0 spiro atoms. The molecular weight excluding hydrogens is 276 g/mol. The van der Waals surface area contributed by atoms with Crippen molar-refractivity contribution >= 4 is 5.97 Å². The van der Waals surface area contributed by atoms with E-state index in [-0.39, 0.29) is 23.9 Å². The van der Waals surface area contributed by atoms with Gasteiger partial charge in [0.25, 0.3) is 0 Å². The number of carboxylic acids is 1. The first-order chi connectivity index (χ1) is 9.87. The summed E-state index contributed by atoms with van der Waals surface area (Å²) in [5.41, 5.74) is 0.447. The molecule has 2 aliphatic heterocycles. The first kappa shape index (κ1) is 14.4. The first-order valence-corrected chi connectivity index (χ1v) is 6.91. The first-order valence-electron chi connectivity index (χ1n) is 6.91. The molecular formula is C14H18N2O5. The molecule has 7 nitrogen and oxygen atoms in total. The normalized spacial score (nSPS) is 34.4. The van der Waals surface area contributed by atoms with Crippen molar-refractivity contribution in [1.82, 2.24) is 9.97 Å². The molecule has 1 aromatic heterocycles. The number of fused-ring (bicyclic) bond motifs is 1. The molecule has 0 aromatic carbocycles. The zero-order valence-electron chi connectivity index (χ0n) is 12.1. The van der Waals surface area contributed by atoms with Crippen LogP contribution >= 0.6 is 0 Å². The highest BCUT2D eigenvalue weighted by Gasteiger charge is 2.49. The van der Waals surface area contributed by atoms with Crippen molar-refractivity contribution in [2.75, 3.05) is 0 Å². The van der Waals surface area contributed by atoms with Crippen molar-refractivity contribution in [2.24, 2.45) is 0 Å². The van der Waals surface area contributed by atoms with Gasteiger partial charge in [0, 0.05) is 12.6 Å². The second-order valence-electron chi connectivity index (χ2n) is 5.83. The highest BCUT2D eigenvalue weighted by atomic mass is 16.8. The SMILES string of the molecule is CC1OC(c2ncncc2C(=O)O)CC2OC(C)(C)OC12. The molecule has 2 saturated heterocycles. The average Bonchev–Trinajstić information content (AvgIpc) is 2.73. The molecule has 0 aliphatic carbocycles. The smallest absolute Gasteiger partial charge is 0.339 e. The molecule has 7 heteroatoms. The van der Waals surface area contributed by atoms with Crippen molar-refractivity contribution in [3.63, 3.8) is 0 Å². The van der Waals surface area contributed by atoms with Crippen molar-refractivity contribution < 1.29 is 24.1 Å². The Kier molecular flexibility index (Phi) is 3.43. The lowest BCUT2D eigenvalue weighted by Crippen LogP contribution is -2.42. The molecule has 0 radical (unpaired) electrons. The van der Waals surface area contributed by atoms with E-state index in [1.54, 1.807) is 0 Å². The van der Waals surface area contributed by atoms with Crippen molar-refractivity contribution in [3.8, 4) is 0 Å². The molecule has 4 unspecified atom stereocenters. The van der Waals surface area contributed by atoms with Gasteiger partial charge in [-0.3, -0.25) is 0 Å². The molecule has 0 bridgehead atoms. The number of hydrogen-bond acceptors (Lipinski definition) is 6. The van der Waals surface area contributed by atoms with Crippen LogP contribution in [0.4, 0.5) is 0 Å². The fraction of sp³-hybridized carbons (Fsp3) is 0.643. The minimum atomic E-state index is -1.06. The van der Waals surface area contributed by atoms with Crippen molar-refractivity contribution in [3.05, 3.63) is 23.8 Å². The largest absolute Gasteiger partial charge is 0.478 e. The van der Waals surface area contributed by atoms with Gasteiger partial charge in [0.1, 0.15) is 24.1 Å². The number of rotatable bonds is 2. The predicted molar refractivity (Wildman–Crippen MR) is 70.7 cm³/mol. The van der Waals surface area contributed by atoms with E-state index in [2.05, 4.69) is 9.97 Å². The Hall–Kier alpha value is -1.57. The van der Waals surface area contributed by atoms with Gasteiger partial charge in [-0.05, 0) is 20.8 Å². The van der Waals surface area contributed by atoms with Gasteiger partial charge in [-0.25, -0.2) is 14.8 Å². The Morgan fingerprint density at radius 1 is 1.43 bits per heavy atom. The van der Waals surface area contributed by atoms with E-state index in [9.17, 15) is 9.90 Å². The zero-order valence-corrected chi connectivity index (χ0v) is 12.1. The van der Waals surface area contributed by atoms with Crippen LogP contribution in [0.15, 0.2) is 12.5 Å². The lowest BCUT2D eigenvalue weighted by Gasteiger charge is -2.34. The fourth-order valence-corrected chi connectivity index (χ4v) is 2.98. The lowest BCUT2D eigenvalue weighted by atomic mass is 9.95. The quantitative estimate of drug-likeness (QED) is 0.884. The third kappa shape index (κ3) is 2.64. The molecule has 21 heavy (non-hydrogen) atoms. The summed E-state index contributed by atoms with van der Waals surface area (Å²) >= 11 is 0. The third-order valence-electron chi connectivity index (χ3n) is 3.79. The summed E-state index contributed by atoms with van der Waals surface area (Å²) < 4.78 is 17.6. The van der Waals surface area contributed by atoms with Gasteiger partial charge in [-0.1, -0.05) is 0 Å². The van der Waals surface area contributed by atoms with E-state index in [1.807, 2.05) is 20.8 Å². The van der Waals surface area contributed by atoms with Gasteiger partial charge in [-0.15, -0.1) is 0 Å². The topological polar surface area (TPSA) is 90.8 Å². The van der Waals surface area contributed by atoms with E-state index in [0.29, 0.717) is 12.1 Å². The van der Waals surface area contributed by atoms with Gasteiger partial charge in [0.05, 0.1) is 17.9 Å². The Labute approximate surface area is 122 Å². The van der Waals surface area contributed by atoms with Crippen LogP contribution in [0.2, 0.25) is 0 Å². The van der Waals surface area contributed by atoms with Crippen molar-refractivity contribution in [1.29, 1.82) is 0 Å². The van der Waals surface area contributed by atoms with Crippen LogP contribution in [-0.4, -0.2) is 45.1 Å². The molecule has 3 heterocycles. The number of carboxylic acid groups (broad SMARTS) is 1. The predicted octanol–water partition coefficient (Wildman–Crippen LogP) is 1.54. The van der Waals surface area contributed by atoms with E-state index in [4.69, 9.17) is 14.2 Å². The highest BCUT2D eigenvalue weighted by Crippen LogP contribution is 2.41. The summed E-state index contributed by atoms with van der Waals surface area (Å²) in [7, 11) is 0. The summed E-state index contributed by atoms with van der Waals surface area (Å²) in [6.07, 6.45) is 2.21. The molecule has 4 atom stereocenters. The monoisotopic (exact) mass is 294 g/mol.